The molecule has 0 radical (unpaired) electrons. The highest BCUT2D eigenvalue weighted by atomic mass is 16.5. The van der Waals surface area contributed by atoms with Gasteiger partial charge < -0.3 is 24.3 Å². The number of nitrogens with zero attached hydrogens (tertiary/aromatic N) is 2. The van der Waals surface area contributed by atoms with Crippen LogP contribution in [-0.2, 0) is 11.3 Å². The van der Waals surface area contributed by atoms with E-state index in [1.165, 1.54) is 18.9 Å². The van der Waals surface area contributed by atoms with Gasteiger partial charge in [-0.05, 0) is 32.9 Å². The second-order valence-corrected chi connectivity index (χ2v) is 6.29. The van der Waals surface area contributed by atoms with Gasteiger partial charge in [0.15, 0.2) is 17.1 Å². The van der Waals surface area contributed by atoms with E-state index in [1.54, 1.807) is 32.9 Å². The van der Waals surface area contributed by atoms with E-state index in [-0.39, 0.29) is 12.3 Å². The molecule has 2 heterocycles. The molecule has 0 unspecified atom stereocenters. The maximum absolute atomic E-state index is 12.9. The Morgan fingerprint density at radius 2 is 1.93 bits per heavy atom. The Bertz CT molecular complexity index is 1080. The molecule has 148 valence electrons. The minimum absolute atomic E-state index is 0.131. The van der Waals surface area contributed by atoms with Crippen molar-refractivity contribution in [2.75, 3.05) is 19.5 Å². The molecule has 0 aliphatic rings. The first-order valence-electron chi connectivity index (χ1n) is 8.49. The number of anilines is 1. The average molecular weight is 387 g/mol. The van der Waals surface area contributed by atoms with E-state index in [1.807, 2.05) is 0 Å². The van der Waals surface area contributed by atoms with E-state index in [9.17, 15) is 9.59 Å². The quantitative estimate of drug-likeness (QED) is 0.668. The van der Waals surface area contributed by atoms with E-state index in [2.05, 4.69) is 10.4 Å². The van der Waals surface area contributed by atoms with Gasteiger partial charge in [0.1, 0.15) is 6.54 Å². The minimum atomic E-state index is -1.02. The van der Waals surface area contributed by atoms with Gasteiger partial charge in [0.2, 0.25) is 5.75 Å². The number of ether oxygens (including phenoxy) is 2. The Labute approximate surface area is 160 Å². The Morgan fingerprint density at radius 3 is 2.54 bits per heavy atom. The van der Waals surface area contributed by atoms with Crippen LogP contribution in [0.4, 0.5) is 5.69 Å². The number of methoxy groups -OCH3 is 2. The normalized spacial score (nSPS) is 10.9. The zero-order valence-electron chi connectivity index (χ0n) is 16.2. The van der Waals surface area contributed by atoms with Crippen LogP contribution in [0.25, 0.3) is 11.0 Å². The molecule has 0 aliphatic heterocycles. The van der Waals surface area contributed by atoms with Crippen LogP contribution in [0.2, 0.25) is 0 Å². The molecule has 0 spiro atoms. The largest absolute Gasteiger partial charge is 0.493 e. The van der Waals surface area contributed by atoms with Crippen molar-refractivity contribution >= 4 is 28.5 Å². The summed E-state index contributed by atoms with van der Waals surface area (Å²) in [5.74, 6) is -0.444. The number of nitrogens with one attached hydrogen (secondary N) is 1. The third-order valence-electron chi connectivity index (χ3n) is 4.56. The van der Waals surface area contributed by atoms with Gasteiger partial charge in [0, 0.05) is 10.9 Å². The molecular weight excluding hydrogens is 366 g/mol. The molecule has 3 aromatic rings. The minimum Gasteiger partial charge on any atom is -0.493 e. The summed E-state index contributed by atoms with van der Waals surface area (Å²) in [7, 11) is 3.02. The number of aromatic nitrogens is 2. The number of rotatable bonds is 6. The van der Waals surface area contributed by atoms with Crippen LogP contribution in [0, 0.1) is 20.8 Å². The van der Waals surface area contributed by atoms with E-state index >= 15 is 0 Å². The molecule has 0 saturated carbocycles. The van der Waals surface area contributed by atoms with Gasteiger partial charge in [-0.2, -0.15) is 5.10 Å². The Morgan fingerprint density at radius 1 is 1.21 bits per heavy atom. The molecule has 0 atom stereocenters. The number of hydrogen-bond acceptors (Lipinski definition) is 6. The number of amides is 1. The molecular formula is C19H21N3O6. The molecule has 0 aliphatic carbocycles. The Balaban J connectivity index is 2.00. The summed E-state index contributed by atoms with van der Waals surface area (Å²) in [6.07, 6.45) is 0. The van der Waals surface area contributed by atoms with Gasteiger partial charge in [-0.25, -0.2) is 0 Å². The Kier molecular flexibility index (Phi) is 5.00. The van der Waals surface area contributed by atoms with Crippen LogP contribution in [0.15, 0.2) is 16.5 Å². The SMILES string of the molecule is COc1ccc2c(C)c(C(=O)Nc3c(C)nn(CC(=O)O)c3C)oc2c1OC. The third-order valence-corrected chi connectivity index (χ3v) is 4.56. The van der Waals surface area contributed by atoms with Crippen molar-refractivity contribution in [3.05, 3.63) is 34.8 Å². The average Bonchev–Trinajstić information content (AvgIpc) is 3.12. The van der Waals surface area contributed by atoms with Crippen LogP contribution in [0.3, 0.4) is 0 Å². The molecule has 0 saturated heterocycles. The zero-order chi connectivity index (χ0) is 20.6. The van der Waals surface area contributed by atoms with Gasteiger partial charge in [0.05, 0.1) is 31.3 Å². The van der Waals surface area contributed by atoms with E-state index in [4.69, 9.17) is 19.0 Å². The van der Waals surface area contributed by atoms with Gasteiger partial charge in [0.25, 0.3) is 5.91 Å². The second kappa shape index (κ2) is 7.26. The molecule has 3 rings (SSSR count). The Hall–Kier alpha value is -3.49. The number of carbonyl (C=O) groups excluding carboxylic acids is 1. The fourth-order valence-corrected chi connectivity index (χ4v) is 3.14. The highest BCUT2D eigenvalue weighted by molar-refractivity contribution is 6.07. The summed E-state index contributed by atoms with van der Waals surface area (Å²) in [5, 5.41) is 16.7. The molecule has 2 N–H and O–H groups in total. The lowest BCUT2D eigenvalue weighted by Crippen LogP contribution is -2.14. The number of carbonyl (C=O) groups is 2. The lowest BCUT2D eigenvalue weighted by Gasteiger charge is -2.06. The van der Waals surface area contributed by atoms with Crippen molar-refractivity contribution in [2.45, 2.75) is 27.3 Å². The number of hydrogen-bond donors (Lipinski definition) is 2. The lowest BCUT2D eigenvalue weighted by molar-refractivity contribution is -0.137. The molecule has 2 aromatic heterocycles. The molecule has 9 nitrogen and oxygen atoms in total. The zero-order valence-corrected chi connectivity index (χ0v) is 16.2. The fourth-order valence-electron chi connectivity index (χ4n) is 3.14. The summed E-state index contributed by atoms with van der Waals surface area (Å²) in [6, 6.07) is 3.54. The highest BCUT2D eigenvalue weighted by Crippen LogP contribution is 2.39. The first kappa shape index (κ1) is 19.3. The summed E-state index contributed by atoms with van der Waals surface area (Å²) < 4.78 is 17.8. The van der Waals surface area contributed by atoms with Crippen LogP contribution in [0.1, 0.15) is 27.5 Å². The number of carboxylic acids is 1. The van der Waals surface area contributed by atoms with Crippen LogP contribution >= 0.6 is 0 Å². The number of fused-ring (bicyclic) bond motifs is 1. The molecule has 0 fully saturated rings. The van der Waals surface area contributed by atoms with Gasteiger partial charge in [-0.1, -0.05) is 0 Å². The summed E-state index contributed by atoms with van der Waals surface area (Å²) in [5.41, 5.74) is 2.58. The maximum Gasteiger partial charge on any atom is 0.325 e. The summed E-state index contributed by atoms with van der Waals surface area (Å²) in [4.78, 5) is 23.8. The fraction of sp³-hybridized carbons (Fsp3) is 0.316. The molecule has 1 amide bonds. The van der Waals surface area contributed by atoms with Crippen molar-refractivity contribution < 1.29 is 28.6 Å². The van der Waals surface area contributed by atoms with Crippen LogP contribution in [0.5, 0.6) is 11.5 Å². The van der Waals surface area contributed by atoms with Crippen molar-refractivity contribution in [3.63, 3.8) is 0 Å². The van der Waals surface area contributed by atoms with Crippen molar-refractivity contribution in [3.8, 4) is 11.5 Å². The van der Waals surface area contributed by atoms with Crippen molar-refractivity contribution in [2.24, 2.45) is 0 Å². The second-order valence-electron chi connectivity index (χ2n) is 6.29. The van der Waals surface area contributed by atoms with Crippen molar-refractivity contribution in [1.82, 2.24) is 9.78 Å². The number of furan rings is 1. The number of carboxylic acid groups (broad SMARTS) is 1. The van der Waals surface area contributed by atoms with Gasteiger partial charge in [-0.15, -0.1) is 0 Å². The number of aryl methyl sites for hydroxylation is 2. The van der Waals surface area contributed by atoms with E-state index in [0.29, 0.717) is 39.7 Å². The maximum atomic E-state index is 12.9. The van der Waals surface area contributed by atoms with Gasteiger partial charge in [-0.3, -0.25) is 14.3 Å². The molecule has 28 heavy (non-hydrogen) atoms. The lowest BCUT2D eigenvalue weighted by atomic mass is 10.1. The molecule has 0 bridgehead atoms. The number of benzene rings is 1. The molecule has 1 aromatic carbocycles. The standard InChI is InChI=1S/C19H21N3O6/c1-9-12-6-7-13(26-4)18(27-5)17(12)28-16(9)19(25)20-15-10(2)21-22(11(15)3)8-14(23)24/h6-7H,8H2,1-5H3,(H,20,25)(H,23,24). The topological polar surface area (TPSA) is 116 Å². The third kappa shape index (κ3) is 3.15. The monoisotopic (exact) mass is 387 g/mol. The predicted molar refractivity (Wildman–Crippen MR) is 101 cm³/mol. The predicted octanol–water partition coefficient (Wildman–Crippen LogP) is 2.91. The summed E-state index contributed by atoms with van der Waals surface area (Å²) in [6.45, 7) is 4.88. The summed E-state index contributed by atoms with van der Waals surface area (Å²) >= 11 is 0. The smallest absolute Gasteiger partial charge is 0.325 e. The van der Waals surface area contributed by atoms with E-state index < -0.39 is 11.9 Å². The highest BCUT2D eigenvalue weighted by Gasteiger charge is 2.24. The van der Waals surface area contributed by atoms with Gasteiger partial charge >= 0.3 is 5.97 Å². The van der Waals surface area contributed by atoms with Crippen LogP contribution < -0.4 is 14.8 Å². The van der Waals surface area contributed by atoms with E-state index in [0.717, 1.165) is 5.39 Å². The molecule has 9 heteroatoms. The first-order chi connectivity index (χ1) is 13.3. The number of aliphatic carboxylic acids is 1. The van der Waals surface area contributed by atoms with Crippen molar-refractivity contribution in [1.29, 1.82) is 0 Å². The van der Waals surface area contributed by atoms with Crippen LogP contribution in [-0.4, -0.2) is 41.0 Å². The first-order valence-corrected chi connectivity index (χ1v) is 8.49.